The lowest BCUT2D eigenvalue weighted by Crippen LogP contribution is -2.42. The van der Waals surface area contributed by atoms with E-state index in [0.717, 1.165) is 11.1 Å². The zero-order valence-electron chi connectivity index (χ0n) is 11.9. The Kier molecular flexibility index (Phi) is 4.63. The van der Waals surface area contributed by atoms with Gasteiger partial charge in [-0.2, -0.15) is 0 Å². The van der Waals surface area contributed by atoms with Crippen LogP contribution in [0.15, 0.2) is 29.5 Å². The summed E-state index contributed by atoms with van der Waals surface area (Å²) < 4.78 is 0. The highest BCUT2D eigenvalue weighted by Crippen LogP contribution is 2.34. The summed E-state index contributed by atoms with van der Waals surface area (Å²) in [4.78, 5) is 27.6. The first-order chi connectivity index (χ1) is 9.88. The summed E-state index contributed by atoms with van der Waals surface area (Å²) in [5.41, 5.74) is 2.06. The number of allylic oxidation sites excluding steroid dienone is 2. The van der Waals surface area contributed by atoms with E-state index >= 15 is 0 Å². The van der Waals surface area contributed by atoms with Gasteiger partial charge in [-0.1, -0.05) is 22.7 Å². The molecule has 0 spiro atoms. The predicted octanol–water partition coefficient (Wildman–Crippen LogP) is 1.79. The van der Waals surface area contributed by atoms with Crippen molar-refractivity contribution in [3.8, 4) is 0 Å². The Balaban J connectivity index is 2.16. The van der Waals surface area contributed by atoms with Gasteiger partial charge in [-0.3, -0.25) is 4.79 Å². The number of nitrogens with zero attached hydrogens (tertiary/aromatic N) is 1. The van der Waals surface area contributed by atoms with Crippen molar-refractivity contribution in [1.82, 2.24) is 4.98 Å². The molecule has 0 aliphatic heterocycles. The van der Waals surface area contributed by atoms with Crippen LogP contribution in [0.2, 0.25) is 5.02 Å². The summed E-state index contributed by atoms with van der Waals surface area (Å²) in [6.07, 6.45) is 2.19. The van der Waals surface area contributed by atoms with E-state index in [9.17, 15) is 14.7 Å². The third-order valence-electron chi connectivity index (χ3n) is 3.88. The second-order valence-electron chi connectivity index (χ2n) is 5.35. The molecule has 5 nitrogen and oxygen atoms in total. The number of nitrogens with one attached hydrogen (secondary N) is 1. The van der Waals surface area contributed by atoms with Crippen molar-refractivity contribution in [2.24, 2.45) is 11.8 Å². The van der Waals surface area contributed by atoms with E-state index in [4.69, 9.17) is 11.6 Å². The Hall–Kier alpha value is -1.88. The topological polar surface area (TPSA) is 82.1 Å². The lowest BCUT2D eigenvalue weighted by atomic mass is 9.76. The van der Waals surface area contributed by atoms with Crippen molar-refractivity contribution in [2.75, 3.05) is 5.32 Å². The van der Waals surface area contributed by atoms with Crippen LogP contribution in [-0.2, 0) is 9.59 Å². The Morgan fingerprint density at radius 2 is 1.86 bits per heavy atom. The van der Waals surface area contributed by atoms with Crippen LogP contribution in [0.4, 0.5) is 5.82 Å². The number of hydrogen-bond donors (Lipinski definition) is 1. The number of hydrogen-bond acceptors (Lipinski definition) is 4. The van der Waals surface area contributed by atoms with Crippen molar-refractivity contribution in [2.45, 2.75) is 26.7 Å². The van der Waals surface area contributed by atoms with E-state index in [2.05, 4.69) is 10.3 Å². The summed E-state index contributed by atoms with van der Waals surface area (Å²) in [6, 6.07) is 3.18. The molecule has 2 atom stereocenters. The van der Waals surface area contributed by atoms with Crippen LogP contribution in [0.3, 0.4) is 0 Å². The van der Waals surface area contributed by atoms with Crippen LogP contribution in [0.5, 0.6) is 0 Å². The second kappa shape index (κ2) is 6.26. The van der Waals surface area contributed by atoms with Gasteiger partial charge < -0.3 is 15.2 Å². The van der Waals surface area contributed by atoms with Gasteiger partial charge in [0.25, 0.3) is 0 Å². The maximum atomic E-state index is 12.3. The zero-order valence-corrected chi connectivity index (χ0v) is 12.6. The minimum absolute atomic E-state index is 0.348. The number of carboxylic acid groups (broad SMARTS) is 1. The van der Waals surface area contributed by atoms with E-state index in [-0.39, 0.29) is 5.91 Å². The SMILES string of the molecule is CC1=C(C)C[C@@H](C(=O)Nc2ccc(Cl)cn2)[C@@H](C(=O)[O-])C1. The van der Waals surface area contributed by atoms with Crippen LogP contribution in [0.1, 0.15) is 26.7 Å². The molecule has 0 aromatic carbocycles. The maximum Gasteiger partial charge on any atom is 0.229 e. The number of halogens is 1. The summed E-state index contributed by atoms with van der Waals surface area (Å²) >= 11 is 5.73. The van der Waals surface area contributed by atoms with Crippen LogP contribution in [0.25, 0.3) is 0 Å². The largest absolute Gasteiger partial charge is 0.550 e. The van der Waals surface area contributed by atoms with Gasteiger partial charge in [-0.05, 0) is 38.8 Å². The molecule has 1 heterocycles. The number of rotatable bonds is 3. The Bertz CT molecular complexity index is 595. The second-order valence-corrected chi connectivity index (χ2v) is 5.79. The van der Waals surface area contributed by atoms with E-state index in [0.29, 0.717) is 23.7 Å². The fourth-order valence-electron chi connectivity index (χ4n) is 2.48. The third kappa shape index (κ3) is 3.61. The smallest absolute Gasteiger partial charge is 0.229 e. The fraction of sp³-hybridized carbons (Fsp3) is 0.400. The molecule has 0 saturated heterocycles. The molecule has 0 saturated carbocycles. The Morgan fingerprint density at radius 1 is 1.24 bits per heavy atom. The van der Waals surface area contributed by atoms with E-state index in [1.807, 2.05) is 13.8 Å². The van der Waals surface area contributed by atoms with Gasteiger partial charge >= 0.3 is 0 Å². The average Bonchev–Trinajstić information content (AvgIpc) is 2.43. The highest BCUT2D eigenvalue weighted by atomic mass is 35.5. The normalized spacial score (nSPS) is 22.0. The summed E-state index contributed by atoms with van der Waals surface area (Å²) in [6.45, 7) is 3.81. The number of carbonyl (C=O) groups is 2. The first-order valence-electron chi connectivity index (χ1n) is 6.67. The number of amides is 1. The van der Waals surface area contributed by atoms with Crippen molar-refractivity contribution < 1.29 is 14.7 Å². The molecule has 1 aliphatic carbocycles. The lowest BCUT2D eigenvalue weighted by Gasteiger charge is -2.32. The molecule has 6 heteroatoms. The standard InChI is InChI=1S/C15H17ClN2O3/c1-8-5-11(12(15(20)21)6-9(8)2)14(19)18-13-4-3-10(16)7-17-13/h3-4,7,11-12H,5-6H2,1-2H3,(H,20,21)(H,17,18,19)/p-1/t11-,12+/m1/s1. The first kappa shape index (κ1) is 15.5. The summed E-state index contributed by atoms with van der Waals surface area (Å²) in [5, 5.41) is 14.4. The third-order valence-corrected chi connectivity index (χ3v) is 4.11. The summed E-state index contributed by atoms with van der Waals surface area (Å²) in [5.74, 6) is -2.64. The van der Waals surface area contributed by atoms with Crippen molar-refractivity contribution in [1.29, 1.82) is 0 Å². The van der Waals surface area contributed by atoms with Gasteiger partial charge in [0, 0.05) is 18.1 Å². The molecule has 1 aliphatic rings. The molecule has 0 fully saturated rings. The van der Waals surface area contributed by atoms with Crippen LogP contribution < -0.4 is 10.4 Å². The molecule has 0 radical (unpaired) electrons. The van der Waals surface area contributed by atoms with Crippen molar-refractivity contribution in [3.63, 3.8) is 0 Å². The highest BCUT2D eigenvalue weighted by Gasteiger charge is 2.33. The number of carboxylic acids is 1. The number of aliphatic carboxylic acids is 1. The van der Waals surface area contributed by atoms with E-state index in [1.54, 1.807) is 12.1 Å². The molecule has 1 amide bonds. The molecule has 0 unspecified atom stereocenters. The van der Waals surface area contributed by atoms with Gasteiger partial charge in [0.05, 0.1) is 10.9 Å². The molecule has 1 N–H and O–H groups in total. The minimum Gasteiger partial charge on any atom is -0.550 e. The molecule has 0 bridgehead atoms. The quantitative estimate of drug-likeness (QED) is 0.863. The van der Waals surface area contributed by atoms with Crippen LogP contribution in [-0.4, -0.2) is 16.9 Å². The molecule has 1 aromatic rings. The molecule has 21 heavy (non-hydrogen) atoms. The van der Waals surface area contributed by atoms with Gasteiger partial charge in [-0.25, -0.2) is 4.98 Å². The van der Waals surface area contributed by atoms with Crippen molar-refractivity contribution in [3.05, 3.63) is 34.5 Å². The number of anilines is 1. The van der Waals surface area contributed by atoms with Gasteiger partial charge in [-0.15, -0.1) is 0 Å². The molecule has 2 rings (SSSR count). The van der Waals surface area contributed by atoms with E-state index in [1.165, 1.54) is 6.20 Å². The summed E-state index contributed by atoms with van der Waals surface area (Å²) in [7, 11) is 0. The number of carbonyl (C=O) groups excluding carboxylic acids is 2. The predicted molar refractivity (Wildman–Crippen MR) is 77.5 cm³/mol. The van der Waals surface area contributed by atoms with Gasteiger partial charge in [0.2, 0.25) is 5.91 Å². The van der Waals surface area contributed by atoms with Crippen LogP contribution >= 0.6 is 11.6 Å². The highest BCUT2D eigenvalue weighted by molar-refractivity contribution is 6.30. The number of pyridine rings is 1. The average molecular weight is 308 g/mol. The fourth-order valence-corrected chi connectivity index (χ4v) is 2.60. The molecule has 112 valence electrons. The molecular formula is C15H16ClN2O3-. The minimum atomic E-state index is -1.19. The van der Waals surface area contributed by atoms with Crippen molar-refractivity contribution >= 4 is 29.3 Å². The maximum absolute atomic E-state index is 12.3. The van der Waals surface area contributed by atoms with E-state index < -0.39 is 17.8 Å². The van der Waals surface area contributed by atoms with Gasteiger partial charge in [0.15, 0.2) is 0 Å². The van der Waals surface area contributed by atoms with Gasteiger partial charge in [0.1, 0.15) is 5.82 Å². The number of aromatic nitrogens is 1. The Labute approximate surface area is 128 Å². The first-order valence-corrected chi connectivity index (χ1v) is 7.04. The molecular weight excluding hydrogens is 292 g/mol. The Morgan fingerprint density at radius 3 is 2.38 bits per heavy atom. The zero-order chi connectivity index (χ0) is 15.6. The monoisotopic (exact) mass is 307 g/mol. The molecule has 1 aromatic heterocycles. The lowest BCUT2D eigenvalue weighted by molar-refractivity contribution is -0.313. The van der Waals surface area contributed by atoms with Crippen LogP contribution in [0, 0.1) is 11.8 Å².